The molecule has 2 rings (SSSR count). The molecular weight excluding hydrogens is 200 g/mol. The first-order chi connectivity index (χ1) is 7.42. The Labute approximate surface area is 97.2 Å². The Bertz CT molecular complexity index is 367. The van der Waals surface area contributed by atoms with Crippen molar-refractivity contribution in [2.45, 2.75) is 33.3 Å². The molecule has 0 aromatic carbocycles. The molecule has 0 aromatic rings. The predicted octanol–water partition coefficient (Wildman–Crippen LogP) is 1.45. The summed E-state index contributed by atoms with van der Waals surface area (Å²) in [5.41, 5.74) is 0.329. The van der Waals surface area contributed by atoms with Gasteiger partial charge in [-0.05, 0) is 24.3 Å². The second kappa shape index (κ2) is 3.58. The summed E-state index contributed by atoms with van der Waals surface area (Å²) in [7, 11) is 0. The van der Waals surface area contributed by atoms with Crippen molar-refractivity contribution in [1.82, 2.24) is 5.32 Å². The number of hydrogen-bond acceptors (Lipinski definition) is 3. The Morgan fingerprint density at radius 3 is 2.81 bits per heavy atom. The fraction of sp³-hybridized carbons (Fsp3) is 0.769. The van der Waals surface area contributed by atoms with Gasteiger partial charge in [0.1, 0.15) is 0 Å². The molecule has 0 radical (unpaired) electrons. The number of rotatable bonds is 0. The Balaban J connectivity index is 2.48. The summed E-state index contributed by atoms with van der Waals surface area (Å²) in [6, 6.07) is 2.15. The Kier molecular flexibility index (Phi) is 2.60. The lowest BCUT2D eigenvalue weighted by molar-refractivity contribution is -0.0379. The molecule has 1 fully saturated rings. The minimum atomic E-state index is -0.617. The van der Waals surface area contributed by atoms with Crippen LogP contribution in [0.25, 0.3) is 0 Å². The molecule has 3 nitrogen and oxygen atoms in total. The van der Waals surface area contributed by atoms with Crippen LogP contribution in [0.5, 0.6) is 0 Å². The number of nitrogens with one attached hydrogen (secondary N) is 1. The summed E-state index contributed by atoms with van der Waals surface area (Å²) in [6.07, 6.45) is 2.43. The van der Waals surface area contributed by atoms with Gasteiger partial charge in [-0.1, -0.05) is 26.8 Å². The monoisotopic (exact) mass is 220 g/mol. The third-order valence-electron chi connectivity index (χ3n) is 4.42. The summed E-state index contributed by atoms with van der Waals surface area (Å²) in [4.78, 5) is 0. The van der Waals surface area contributed by atoms with Gasteiger partial charge in [0.15, 0.2) is 0 Å². The van der Waals surface area contributed by atoms with Gasteiger partial charge in [0.05, 0.1) is 17.7 Å². The quantitative estimate of drug-likeness (QED) is 0.649. The van der Waals surface area contributed by atoms with Crippen LogP contribution in [0.4, 0.5) is 0 Å². The van der Waals surface area contributed by atoms with Crippen LogP contribution in [0.2, 0.25) is 0 Å². The van der Waals surface area contributed by atoms with E-state index >= 15 is 0 Å². The Hall–Kier alpha value is -0.850. The molecule has 0 saturated carbocycles. The second-order valence-corrected chi connectivity index (χ2v) is 5.96. The maximum absolute atomic E-state index is 10.2. The van der Waals surface area contributed by atoms with Gasteiger partial charge in [-0.25, -0.2) is 0 Å². The van der Waals surface area contributed by atoms with Gasteiger partial charge in [-0.2, -0.15) is 5.26 Å². The van der Waals surface area contributed by atoms with E-state index < -0.39 is 6.10 Å². The number of nitriles is 1. The molecule has 1 saturated heterocycles. The fourth-order valence-corrected chi connectivity index (χ4v) is 3.55. The van der Waals surface area contributed by atoms with Gasteiger partial charge >= 0.3 is 0 Å². The molecule has 88 valence electrons. The average Bonchev–Trinajstić information content (AvgIpc) is 2.24. The highest BCUT2D eigenvalue weighted by Crippen LogP contribution is 2.52. The Morgan fingerprint density at radius 1 is 1.50 bits per heavy atom. The van der Waals surface area contributed by atoms with E-state index in [4.69, 9.17) is 5.26 Å². The third-order valence-corrected chi connectivity index (χ3v) is 4.42. The van der Waals surface area contributed by atoms with Crippen LogP contribution in [0.1, 0.15) is 27.2 Å². The summed E-state index contributed by atoms with van der Waals surface area (Å²) < 4.78 is 0. The first-order valence-corrected chi connectivity index (χ1v) is 5.93. The molecule has 0 bridgehead atoms. The van der Waals surface area contributed by atoms with E-state index in [1.54, 1.807) is 0 Å². The van der Waals surface area contributed by atoms with Crippen LogP contribution in [-0.2, 0) is 0 Å². The van der Waals surface area contributed by atoms with Crippen LogP contribution in [0.15, 0.2) is 11.6 Å². The van der Waals surface area contributed by atoms with Crippen LogP contribution < -0.4 is 5.32 Å². The standard InChI is InChI=1S/C13H20N2O/c1-12(2)10-4-5-15-8-13(10,3)6-9(7-14)11(12)16/h6,10-11,15-16H,4-5,8H2,1-3H3/t10-,11?,13+/m0/s1. The summed E-state index contributed by atoms with van der Waals surface area (Å²) in [5.74, 6) is 0.438. The highest BCUT2D eigenvalue weighted by Gasteiger charge is 2.51. The lowest BCUT2D eigenvalue weighted by Crippen LogP contribution is -2.55. The SMILES string of the molecule is CC1(C)C(O)C(C#N)=C[C@]2(C)CNCC[C@@H]12. The molecule has 3 atom stereocenters. The van der Waals surface area contributed by atoms with Crippen molar-refractivity contribution in [3.63, 3.8) is 0 Å². The molecule has 1 unspecified atom stereocenters. The molecule has 2 aliphatic rings. The van der Waals surface area contributed by atoms with E-state index in [2.05, 4.69) is 32.2 Å². The molecule has 0 aromatic heterocycles. The summed E-state index contributed by atoms with van der Waals surface area (Å²) in [6.45, 7) is 8.26. The van der Waals surface area contributed by atoms with Crippen LogP contribution >= 0.6 is 0 Å². The zero-order valence-electron chi connectivity index (χ0n) is 10.2. The third kappa shape index (κ3) is 1.49. The van der Waals surface area contributed by atoms with E-state index in [1.165, 1.54) is 0 Å². The molecule has 1 heterocycles. The lowest BCUT2D eigenvalue weighted by atomic mass is 9.54. The van der Waals surface area contributed by atoms with Gasteiger partial charge < -0.3 is 10.4 Å². The first-order valence-electron chi connectivity index (χ1n) is 5.93. The van der Waals surface area contributed by atoms with Crippen LogP contribution in [0.3, 0.4) is 0 Å². The van der Waals surface area contributed by atoms with Crippen molar-refractivity contribution in [2.75, 3.05) is 13.1 Å². The zero-order chi connectivity index (χ0) is 12.0. The first kappa shape index (κ1) is 11.6. The fourth-order valence-electron chi connectivity index (χ4n) is 3.55. The van der Waals surface area contributed by atoms with E-state index in [9.17, 15) is 5.11 Å². The van der Waals surface area contributed by atoms with Gasteiger partial charge in [0.2, 0.25) is 0 Å². The molecular formula is C13H20N2O. The van der Waals surface area contributed by atoms with Gasteiger partial charge in [-0.15, -0.1) is 0 Å². The van der Waals surface area contributed by atoms with Crippen molar-refractivity contribution in [3.05, 3.63) is 11.6 Å². The van der Waals surface area contributed by atoms with Gasteiger partial charge in [-0.3, -0.25) is 0 Å². The van der Waals surface area contributed by atoms with Crippen molar-refractivity contribution < 1.29 is 5.11 Å². The summed E-state index contributed by atoms with van der Waals surface area (Å²) >= 11 is 0. The van der Waals surface area contributed by atoms with Crippen LogP contribution in [-0.4, -0.2) is 24.3 Å². The van der Waals surface area contributed by atoms with E-state index in [0.29, 0.717) is 11.5 Å². The van der Waals surface area contributed by atoms with E-state index in [1.807, 2.05) is 6.08 Å². The molecule has 16 heavy (non-hydrogen) atoms. The number of piperidine rings is 1. The smallest absolute Gasteiger partial charge is 0.0971 e. The summed E-state index contributed by atoms with van der Waals surface area (Å²) in [5, 5.41) is 22.7. The van der Waals surface area contributed by atoms with E-state index in [0.717, 1.165) is 19.5 Å². The maximum atomic E-state index is 10.2. The van der Waals surface area contributed by atoms with Crippen molar-refractivity contribution in [2.24, 2.45) is 16.7 Å². The lowest BCUT2D eigenvalue weighted by Gasteiger charge is -2.53. The molecule has 0 spiro atoms. The van der Waals surface area contributed by atoms with Gasteiger partial charge in [0.25, 0.3) is 0 Å². The van der Waals surface area contributed by atoms with Crippen molar-refractivity contribution in [1.29, 1.82) is 5.26 Å². The number of hydrogen-bond donors (Lipinski definition) is 2. The largest absolute Gasteiger partial charge is 0.387 e. The number of aliphatic hydroxyl groups excluding tert-OH is 1. The second-order valence-electron chi connectivity index (χ2n) is 5.96. The van der Waals surface area contributed by atoms with E-state index in [-0.39, 0.29) is 10.8 Å². The zero-order valence-corrected chi connectivity index (χ0v) is 10.2. The topological polar surface area (TPSA) is 56.0 Å². The van der Waals surface area contributed by atoms with Crippen molar-refractivity contribution in [3.8, 4) is 6.07 Å². The minimum absolute atomic E-state index is 0.00600. The number of aliphatic hydroxyl groups is 1. The molecule has 2 N–H and O–H groups in total. The Morgan fingerprint density at radius 2 is 2.19 bits per heavy atom. The average molecular weight is 220 g/mol. The molecule has 1 aliphatic heterocycles. The predicted molar refractivity (Wildman–Crippen MR) is 62.6 cm³/mol. The van der Waals surface area contributed by atoms with Crippen LogP contribution in [0, 0.1) is 28.1 Å². The molecule has 0 amide bonds. The number of nitrogens with zero attached hydrogens (tertiary/aromatic N) is 1. The van der Waals surface area contributed by atoms with Crippen molar-refractivity contribution >= 4 is 0 Å². The number of fused-ring (bicyclic) bond motifs is 1. The normalized spacial score (nSPS) is 41.8. The molecule has 1 aliphatic carbocycles. The highest BCUT2D eigenvalue weighted by molar-refractivity contribution is 5.34. The molecule has 3 heteroatoms. The maximum Gasteiger partial charge on any atom is 0.0971 e. The minimum Gasteiger partial charge on any atom is -0.387 e. The van der Waals surface area contributed by atoms with Gasteiger partial charge in [0, 0.05) is 12.0 Å². The highest BCUT2D eigenvalue weighted by atomic mass is 16.3.